The van der Waals surface area contributed by atoms with Crippen LogP contribution in [0.1, 0.15) is 51.2 Å². The molecule has 1 atom stereocenters. The largest absolute Gasteiger partial charge is 0.317 e. The topological polar surface area (TPSA) is 12.0 Å². The maximum atomic E-state index is 3.42. The van der Waals surface area contributed by atoms with Crippen molar-refractivity contribution in [3.63, 3.8) is 0 Å². The highest BCUT2D eigenvalue weighted by molar-refractivity contribution is 5.24. The van der Waals surface area contributed by atoms with Gasteiger partial charge in [-0.2, -0.15) is 0 Å². The summed E-state index contributed by atoms with van der Waals surface area (Å²) in [5.41, 5.74) is 2.98. The monoisotopic (exact) mass is 247 g/mol. The van der Waals surface area contributed by atoms with Crippen LogP contribution < -0.4 is 5.32 Å². The summed E-state index contributed by atoms with van der Waals surface area (Å²) in [5, 5.41) is 3.42. The number of nitrogens with one attached hydrogen (secondary N) is 1. The van der Waals surface area contributed by atoms with E-state index in [1.165, 1.54) is 43.2 Å². The standard InChI is InChI=1S/C17H29N/c1-5-7-17(18-4)11-10-15-8-6-9-16(13-15)12-14(2)3/h6,8-9,13-14,17-18H,5,7,10-12H2,1-4H3. The summed E-state index contributed by atoms with van der Waals surface area (Å²) >= 11 is 0. The average Bonchev–Trinajstić information content (AvgIpc) is 2.34. The fourth-order valence-electron chi connectivity index (χ4n) is 2.51. The van der Waals surface area contributed by atoms with Gasteiger partial charge in [0.25, 0.3) is 0 Å². The second-order valence-corrected chi connectivity index (χ2v) is 5.73. The van der Waals surface area contributed by atoms with E-state index in [4.69, 9.17) is 0 Å². The first-order valence-electron chi connectivity index (χ1n) is 7.40. The molecule has 0 aliphatic carbocycles. The van der Waals surface area contributed by atoms with E-state index in [2.05, 4.69) is 57.4 Å². The van der Waals surface area contributed by atoms with Crippen molar-refractivity contribution in [3.8, 4) is 0 Å². The maximum absolute atomic E-state index is 3.42. The molecular weight excluding hydrogens is 218 g/mol. The van der Waals surface area contributed by atoms with Crippen molar-refractivity contribution in [2.24, 2.45) is 5.92 Å². The Morgan fingerprint density at radius 1 is 1.11 bits per heavy atom. The Labute approximate surface area is 113 Å². The van der Waals surface area contributed by atoms with Crippen molar-refractivity contribution in [2.45, 2.75) is 58.9 Å². The number of rotatable bonds is 8. The molecule has 0 amide bonds. The van der Waals surface area contributed by atoms with Gasteiger partial charge < -0.3 is 5.32 Å². The summed E-state index contributed by atoms with van der Waals surface area (Å²) in [7, 11) is 2.08. The smallest absolute Gasteiger partial charge is 0.00671 e. The molecule has 0 heterocycles. The molecule has 0 fully saturated rings. The molecule has 1 unspecified atom stereocenters. The minimum Gasteiger partial charge on any atom is -0.317 e. The van der Waals surface area contributed by atoms with Gasteiger partial charge in [-0.1, -0.05) is 51.5 Å². The normalized spacial score (nSPS) is 12.9. The highest BCUT2D eigenvalue weighted by Gasteiger charge is 2.05. The lowest BCUT2D eigenvalue weighted by atomic mass is 9.97. The number of benzene rings is 1. The molecule has 0 aliphatic heterocycles. The summed E-state index contributed by atoms with van der Waals surface area (Å²) in [6, 6.07) is 9.79. The Kier molecular flexibility index (Phi) is 7.04. The molecule has 1 N–H and O–H groups in total. The van der Waals surface area contributed by atoms with E-state index in [1.807, 2.05) is 0 Å². The predicted octanol–water partition coefficient (Wildman–Crippen LogP) is 4.21. The number of hydrogen-bond donors (Lipinski definition) is 1. The van der Waals surface area contributed by atoms with Gasteiger partial charge in [-0.3, -0.25) is 0 Å². The molecule has 0 aromatic heterocycles. The van der Waals surface area contributed by atoms with E-state index in [1.54, 1.807) is 0 Å². The van der Waals surface area contributed by atoms with Crippen LogP contribution >= 0.6 is 0 Å². The zero-order chi connectivity index (χ0) is 13.4. The van der Waals surface area contributed by atoms with Crippen LogP contribution in [0.4, 0.5) is 0 Å². The first-order chi connectivity index (χ1) is 8.65. The van der Waals surface area contributed by atoms with Crippen LogP contribution in [-0.2, 0) is 12.8 Å². The second-order valence-electron chi connectivity index (χ2n) is 5.73. The van der Waals surface area contributed by atoms with Crippen LogP contribution in [0.2, 0.25) is 0 Å². The van der Waals surface area contributed by atoms with Gasteiger partial charge in [0.2, 0.25) is 0 Å². The van der Waals surface area contributed by atoms with Crippen molar-refractivity contribution in [2.75, 3.05) is 7.05 Å². The van der Waals surface area contributed by atoms with E-state index < -0.39 is 0 Å². The molecule has 0 bridgehead atoms. The molecule has 0 aliphatic rings. The lowest BCUT2D eigenvalue weighted by molar-refractivity contribution is 0.484. The minimum absolute atomic E-state index is 0.670. The van der Waals surface area contributed by atoms with E-state index in [0.717, 1.165) is 5.92 Å². The molecule has 1 nitrogen and oxygen atoms in total. The third-order valence-corrected chi connectivity index (χ3v) is 3.46. The van der Waals surface area contributed by atoms with Crippen LogP contribution in [0.5, 0.6) is 0 Å². The number of hydrogen-bond acceptors (Lipinski definition) is 1. The van der Waals surface area contributed by atoms with E-state index in [0.29, 0.717) is 6.04 Å². The fourth-order valence-corrected chi connectivity index (χ4v) is 2.51. The lowest BCUT2D eigenvalue weighted by Gasteiger charge is -2.15. The lowest BCUT2D eigenvalue weighted by Crippen LogP contribution is -2.25. The first-order valence-corrected chi connectivity index (χ1v) is 7.40. The predicted molar refractivity (Wildman–Crippen MR) is 81.1 cm³/mol. The molecule has 1 rings (SSSR count). The van der Waals surface area contributed by atoms with Crippen LogP contribution in [0.25, 0.3) is 0 Å². The van der Waals surface area contributed by atoms with Gasteiger partial charge in [-0.25, -0.2) is 0 Å². The van der Waals surface area contributed by atoms with Crippen LogP contribution in [0, 0.1) is 5.92 Å². The fraction of sp³-hybridized carbons (Fsp3) is 0.647. The van der Waals surface area contributed by atoms with Crippen molar-refractivity contribution in [3.05, 3.63) is 35.4 Å². The quantitative estimate of drug-likeness (QED) is 0.726. The van der Waals surface area contributed by atoms with Crippen molar-refractivity contribution >= 4 is 0 Å². The van der Waals surface area contributed by atoms with Gasteiger partial charge in [0.05, 0.1) is 0 Å². The zero-order valence-electron chi connectivity index (χ0n) is 12.5. The Morgan fingerprint density at radius 2 is 1.83 bits per heavy atom. The molecule has 0 spiro atoms. The SMILES string of the molecule is CCCC(CCc1cccc(CC(C)C)c1)NC. The van der Waals surface area contributed by atoms with E-state index in [9.17, 15) is 0 Å². The molecule has 18 heavy (non-hydrogen) atoms. The first kappa shape index (κ1) is 15.2. The zero-order valence-corrected chi connectivity index (χ0v) is 12.5. The average molecular weight is 247 g/mol. The van der Waals surface area contributed by atoms with E-state index >= 15 is 0 Å². The molecule has 0 saturated heterocycles. The Hall–Kier alpha value is -0.820. The van der Waals surface area contributed by atoms with Gasteiger partial charge in [0, 0.05) is 6.04 Å². The van der Waals surface area contributed by atoms with Gasteiger partial charge in [0.1, 0.15) is 0 Å². The van der Waals surface area contributed by atoms with Crippen molar-refractivity contribution < 1.29 is 0 Å². The van der Waals surface area contributed by atoms with Gasteiger partial charge in [-0.15, -0.1) is 0 Å². The molecular formula is C17H29N. The van der Waals surface area contributed by atoms with Gasteiger partial charge in [-0.05, 0) is 49.8 Å². The third kappa shape index (κ3) is 5.68. The maximum Gasteiger partial charge on any atom is 0.00671 e. The molecule has 1 aromatic carbocycles. The molecule has 0 radical (unpaired) electrons. The summed E-state index contributed by atoms with van der Waals surface area (Å²) in [6.45, 7) is 6.82. The summed E-state index contributed by atoms with van der Waals surface area (Å²) in [6.07, 6.45) is 6.17. The molecule has 0 saturated carbocycles. The van der Waals surface area contributed by atoms with Crippen LogP contribution in [0.3, 0.4) is 0 Å². The molecule has 102 valence electrons. The highest BCUT2D eigenvalue weighted by atomic mass is 14.9. The molecule has 1 aromatic rings. The summed E-state index contributed by atoms with van der Waals surface area (Å²) < 4.78 is 0. The Balaban J connectivity index is 2.51. The summed E-state index contributed by atoms with van der Waals surface area (Å²) in [4.78, 5) is 0. The molecule has 1 heteroatoms. The van der Waals surface area contributed by atoms with E-state index in [-0.39, 0.29) is 0 Å². The van der Waals surface area contributed by atoms with Crippen LogP contribution in [0.15, 0.2) is 24.3 Å². The van der Waals surface area contributed by atoms with Gasteiger partial charge in [0.15, 0.2) is 0 Å². The second kappa shape index (κ2) is 8.31. The highest BCUT2D eigenvalue weighted by Crippen LogP contribution is 2.13. The minimum atomic E-state index is 0.670. The van der Waals surface area contributed by atoms with Gasteiger partial charge >= 0.3 is 0 Å². The third-order valence-electron chi connectivity index (χ3n) is 3.46. The van der Waals surface area contributed by atoms with Crippen LogP contribution in [-0.4, -0.2) is 13.1 Å². The van der Waals surface area contributed by atoms with Crippen molar-refractivity contribution in [1.82, 2.24) is 5.32 Å². The Morgan fingerprint density at radius 3 is 2.44 bits per heavy atom. The number of aryl methyl sites for hydroxylation is 1. The Bertz CT molecular complexity index is 330. The summed E-state index contributed by atoms with van der Waals surface area (Å²) in [5.74, 6) is 0.741. The van der Waals surface area contributed by atoms with Crippen molar-refractivity contribution in [1.29, 1.82) is 0 Å².